The number of benzene rings is 1. The van der Waals surface area contributed by atoms with Gasteiger partial charge in [-0.15, -0.1) is 13.2 Å². The van der Waals surface area contributed by atoms with Crippen molar-refractivity contribution in [3.63, 3.8) is 0 Å². The smallest absolute Gasteiger partial charge is 0.266 e. The molecule has 3 N–H and O–H groups in total. The topological polar surface area (TPSA) is 99.2 Å². The molecule has 0 atom stereocenters. The molecular weight excluding hydrogens is 292 g/mol. The Kier molecular flexibility index (Phi) is 6.82. The van der Waals surface area contributed by atoms with E-state index in [0.717, 1.165) is 6.20 Å². The molecule has 0 aliphatic rings. The molecule has 0 saturated heterocycles. The maximum Gasteiger partial charge on any atom is 0.266 e. The number of nitrogens with one attached hydrogen (secondary N) is 1. The first-order chi connectivity index (χ1) is 11.0. The number of nitriles is 1. The van der Waals surface area contributed by atoms with Crippen LogP contribution in [0.25, 0.3) is 0 Å². The summed E-state index contributed by atoms with van der Waals surface area (Å²) in [6, 6.07) is 8.28. The quantitative estimate of drug-likeness (QED) is 0.346. The summed E-state index contributed by atoms with van der Waals surface area (Å²) in [4.78, 5) is 25.6. The molecule has 0 saturated carbocycles. The molecule has 6 heteroatoms. The minimum Gasteiger partial charge on any atom is -0.398 e. The third-order valence-electron chi connectivity index (χ3n) is 2.89. The minimum absolute atomic E-state index is 0.198. The van der Waals surface area contributed by atoms with E-state index < -0.39 is 11.8 Å². The van der Waals surface area contributed by atoms with Crippen molar-refractivity contribution in [2.24, 2.45) is 0 Å². The molecule has 1 rings (SSSR count). The molecule has 1 aromatic rings. The summed E-state index contributed by atoms with van der Waals surface area (Å²) >= 11 is 0. The zero-order valence-corrected chi connectivity index (χ0v) is 12.7. The van der Waals surface area contributed by atoms with Gasteiger partial charge in [-0.2, -0.15) is 5.26 Å². The third kappa shape index (κ3) is 4.86. The van der Waals surface area contributed by atoms with Crippen LogP contribution < -0.4 is 11.1 Å². The van der Waals surface area contributed by atoms with Crippen molar-refractivity contribution in [3.05, 3.63) is 66.9 Å². The van der Waals surface area contributed by atoms with E-state index in [1.54, 1.807) is 42.5 Å². The molecule has 6 nitrogen and oxygen atoms in total. The molecular formula is C17H18N4O2. The van der Waals surface area contributed by atoms with Crippen molar-refractivity contribution < 1.29 is 9.59 Å². The summed E-state index contributed by atoms with van der Waals surface area (Å²) in [6.45, 7) is 7.65. The van der Waals surface area contributed by atoms with E-state index in [1.165, 1.54) is 4.90 Å². The lowest BCUT2D eigenvalue weighted by Gasteiger charge is -2.18. The van der Waals surface area contributed by atoms with Crippen LogP contribution in [0.3, 0.4) is 0 Å². The lowest BCUT2D eigenvalue weighted by Crippen LogP contribution is -2.33. The average Bonchev–Trinajstić information content (AvgIpc) is 2.55. The van der Waals surface area contributed by atoms with Crippen LogP contribution in [-0.2, 0) is 4.79 Å². The van der Waals surface area contributed by atoms with Gasteiger partial charge in [0.15, 0.2) is 0 Å². The Morgan fingerprint density at radius 3 is 2.39 bits per heavy atom. The van der Waals surface area contributed by atoms with Crippen molar-refractivity contribution in [3.8, 4) is 6.07 Å². The van der Waals surface area contributed by atoms with Gasteiger partial charge in [-0.05, 0) is 12.1 Å². The molecule has 0 radical (unpaired) electrons. The largest absolute Gasteiger partial charge is 0.398 e. The summed E-state index contributed by atoms with van der Waals surface area (Å²) in [5.74, 6) is -1.02. The van der Waals surface area contributed by atoms with E-state index in [2.05, 4.69) is 18.5 Å². The Balaban J connectivity index is 2.90. The number of rotatable bonds is 7. The van der Waals surface area contributed by atoms with Crippen molar-refractivity contribution >= 4 is 17.5 Å². The average molecular weight is 310 g/mol. The number of amides is 2. The van der Waals surface area contributed by atoms with Gasteiger partial charge in [0, 0.05) is 25.0 Å². The molecule has 0 spiro atoms. The number of hydrogen-bond acceptors (Lipinski definition) is 4. The lowest BCUT2D eigenvalue weighted by molar-refractivity contribution is -0.125. The Bertz CT molecular complexity index is 676. The van der Waals surface area contributed by atoms with Gasteiger partial charge in [0.2, 0.25) is 0 Å². The number of nitrogen functional groups attached to an aromatic ring is 1. The molecule has 0 aliphatic carbocycles. The summed E-state index contributed by atoms with van der Waals surface area (Å²) in [6.07, 6.45) is 4.16. The van der Waals surface area contributed by atoms with Crippen LogP contribution in [0.5, 0.6) is 0 Å². The molecule has 0 aliphatic heterocycles. The zero-order chi connectivity index (χ0) is 17.2. The maximum absolute atomic E-state index is 12.2. The number of nitrogens with two attached hydrogens (primary N) is 1. The summed E-state index contributed by atoms with van der Waals surface area (Å²) in [5.41, 5.74) is 6.08. The van der Waals surface area contributed by atoms with Crippen LogP contribution in [0.4, 0.5) is 5.69 Å². The number of nitrogens with zero attached hydrogens (tertiary/aromatic N) is 2. The number of anilines is 1. The standard InChI is InChI=1S/C17H18N4O2/c1-3-9-21(10-4-2)17(23)13(11-18)12-20-16(22)14-7-5-6-8-15(14)19/h3-8,12H,1-2,9-10,19H2,(H,20,22)/b13-12-. The van der Waals surface area contributed by atoms with E-state index in [9.17, 15) is 9.59 Å². The van der Waals surface area contributed by atoms with Gasteiger partial charge in [-0.25, -0.2) is 0 Å². The Morgan fingerprint density at radius 1 is 1.26 bits per heavy atom. The van der Waals surface area contributed by atoms with Gasteiger partial charge in [-0.1, -0.05) is 24.3 Å². The van der Waals surface area contributed by atoms with Crippen LogP contribution in [0.1, 0.15) is 10.4 Å². The Hall–Kier alpha value is -3.33. The highest BCUT2D eigenvalue weighted by Gasteiger charge is 2.17. The number of para-hydroxylation sites is 1. The number of hydrogen-bond donors (Lipinski definition) is 2. The van der Waals surface area contributed by atoms with E-state index in [0.29, 0.717) is 5.69 Å². The molecule has 1 aromatic carbocycles. The van der Waals surface area contributed by atoms with Crippen LogP contribution in [0.15, 0.2) is 61.3 Å². The van der Waals surface area contributed by atoms with Gasteiger partial charge < -0.3 is 16.0 Å². The van der Waals surface area contributed by atoms with Gasteiger partial charge in [-0.3, -0.25) is 9.59 Å². The highest BCUT2D eigenvalue weighted by atomic mass is 16.2. The van der Waals surface area contributed by atoms with Crippen molar-refractivity contribution in [1.29, 1.82) is 5.26 Å². The monoisotopic (exact) mass is 310 g/mol. The normalized spacial score (nSPS) is 10.3. The molecule has 0 aromatic heterocycles. The lowest BCUT2D eigenvalue weighted by atomic mass is 10.1. The predicted molar refractivity (Wildman–Crippen MR) is 89.0 cm³/mol. The molecule has 0 unspecified atom stereocenters. The van der Waals surface area contributed by atoms with Crippen LogP contribution in [-0.4, -0.2) is 29.8 Å². The van der Waals surface area contributed by atoms with E-state index in [1.807, 2.05) is 0 Å². The first-order valence-corrected chi connectivity index (χ1v) is 6.81. The van der Waals surface area contributed by atoms with E-state index in [4.69, 9.17) is 11.0 Å². The summed E-state index contributed by atoms with van der Waals surface area (Å²) in [7, 11) is 0. The van der Waals surface area contributed by atoms with Crippen molar-refractivity contribution in [2.45, 2.75) is 0 Å². The highest BCUT2D eigenvalue weighted by molar-refractivity contribution is 6.01. The molecule has 118 valence electrons. The van der Waals surface area contributed by atoms with Crippen molar-refractivity contribution in [2.75, 3.05) is 18.8 Å². The molecule has 0 heterocycles. The second-order valence-corrected chi connectivity index (χ2v) is 4.52. The van der Waals surface area contributed by atoms with Gasteiger partial charge in [0.25, 0.3) is 11.8 Å². The highest BCUT2D eigenvalue weighted by Crippen LogP contribution is 2.10. The molecule has 2 amide bonds. The van der Waals surface area contributed by atoms with Crippen molar-refractivity contribution in [1.82, 2.24) is 10.2 Å². The number of carbonyl (C=O) groups excluding carboxylic acids is 2. The van der Waals surface area contributed by atoms with Crippen LogP contribution >= 0.6 is 0 Å². The molecule has 23 heavy (non-hydrogen) atoms. The predicted octanol–water partition coefficient (Wildman–Crippen LogP) is 1.61. The first-order valence-electron chi connectivity index (χ1n) is 6.81. The second-order valence-electron chi connectivity index (χ2n) is 4.52. The van der Waals surface area contributed by atoms with Gasteiger partial charge in [0.05, 0.1) is 5.56 Å². The summed E-state index contributed by atoms with van der Waals surface area (Å²) < 4.78 is 0. The zero-order valence-electron chi connectivity index (χ0n) is 12.7. The fraction of sp³-hybridized carbons (Fsp3) is 0.118. The van der Waals surface area contributed by atoms with Gasteiger partial charge in [0.1, 0.15) is 11.6 Å². The molecule has 0 bridgehead atoms. The summed E-state index contributed by atoms with van der Waals surface area (Å²) in [5, 5.41) is 11.5. The van der Waals surface area contributed by atoms with E-state index >= 15 is 0 Å². The Labute approximate surface area is 135 Å². The second kappa shape index (κ2) is 8.85. The Morgan fingerprint density at radius 2 is 1.87 bits per heavy atom. The fourth-order valence-corrected chi connectivity index (χ4v) is 1.78. The van der Waals surface area contributed by atoms with Crippen LogP contribution in [0.2, 0.25) is 0 Å². The minimum atomic E-state index is -0.520. The number of carbonyl (C=O) groups is 2. The fourth-order valence-electron chi connectivity index (χ4n) is 1.78. The third-order valence-corrected chi connectivity index (χ3v) is 2.89. The molecule has 0 fully saturated rings. The SMILES string of the molecule is C=CCN(CC=C)C(=O)/C(C#N)=C\NC(=O)c1ccccc1N. The first kappa shape index (κ1) is 17.7. The van der Waals surface area contributed by atoms with Crippen LogP contribution in [0, 0.1) is 11.3 Å². The van der Waals surface area contributed by atoms with Gasteiger partial charge >= 0.3 is 0 Å². The maximum atomic E-state index is 12.2. The van der Waals surface area contributed by atoms with E-state index in [-0.39, 0.29) is 24.2 Å².